The smallest absolute Gasteiger partial charge is 0.119 e. The van der Waals surface area contributed by atoms with Gasteiger partial charge in [0.15, 0.2) is 0 Å². The quantitative estimate of drug-likeness (QED) is 0.718. The summed E-state index contributed by atoms with van der Waals surface area (Å²) in [4.78, 5) is 0. The van der Waals surface area contributed by atoms with Gasteiger partial charge in [-0.1, -0.05) is 26.0 Å². The third-order valence-electron chi connectivity index (χ3n) is 2.73. The summed E-state index contributed by atoms with van der Waals surface area (Å²) in [7, 11) is 0. The molecular weight excluding hydrogens is 200 g/mol. The molecule has 1 aromatic rings. The molecule has 0 fully saturated rings. The van der Waals surface area contributed by atoms with E-state index < -0.39 is 0 Å². The Hall–Kier alpha value is -1.02. The predicted molar refractivity (Wildman–Crippen MR) is 66.8 cm³/mol. The summed E-state index contributed by atoms with van der Waals surface area (Å²) in [6.45, 7) is 4.82. The van der Waals surface area contributed by atoms with Crippen LogP contribution in [-0.2, 0) is 6.42 Å². The largest absolute Gasteiger partial charge is 0.494 e. The van der Waals surface area contributed by atoms with Gasteiger partial charge in [0.05, 0.1) is 12.7 Å². The Kier molecular flexibility index (Phi) is 5.94. The highest BCUT2D eigenvalue weighted by molar-refractivity contribution is 5.28. The molecule has 0 spiro atoms. The topological polar surface area (TPSA) is 29.5 Å². The monoisotopic (exact) mass is 222 g/mol. The molecular formula is C14H22O2. The average Bonchev–Trinajstić information content (AvgIpc) is 2.34. The highest BCUT2D eigenvalue weighted by Crippen LogP contribution is 2.14. The van der Waals surface area contributed by atoms with Crippen LogP contribution in [0.25, 0.3) is 0 Å². The summed E-state index contributed by atoms with van der Waals surface area (Å²) in [6, 6.07) is 8.19. The maximum atomic E-state index is 9.38. The van der Waals surface area contributed by atoms with E-state index in [0.717, 1.165) is 31.4 Å². The van der Waals surface area contributed by atoms with Crippen LogP contribution in [-0.4, -0.2) is 17.8 Å². The van der Waals surface area contributed by atoms with Gasteiger partial charge in [-0.25, -0.2) is 0 Å². The molecule has 0 aliphatic rings. The van der Waals surface area contributed by atoms with Crippen molar-refractivity contribution < 1.29 is 9.84 Å². The first-order valence-electron chi connectivity index (χ1n) is 6.16. The third kappa shape index (κ3) is 4.67. The SMILES string of the molecule is CCc1cccc(OCCCC(O)CC)c1. The van der Waals surface area contributed by atoms with Crippen molar-refractivity contribution in [1.29, 1.82) is 0 Å². The molecule has 0 heterocycles. The Balaban J connectivity index is 2.26. The van der Waals surface area contributed by atoms with Gasteiger partial charge in [-0.05, 0) is 43.4 Å². The van der Waals surface area contributed by atoms with Gasteiger partial charge in [-0.2, -0.15) is 0 Å². The lowest BCUT2D eigenvalue weighted by Crippen LogP contribution is -2.07. The molecule has 0 saturated heterocycles. The predicted octanol–water partition coefficient (Wildman–Crippen LogP) is 3.18. The van der Waals surface area contributed by atoms with Crippen LogP contribution < -0.4 is 4.74 Å². The molecule has 0 saturated carbocycles. The molecule has 2 heteroatoms. The van der Waals surface area contributed by atoms with Crippen LogP contribution in [0.1, 0.15) is 38.7 Å². The summed E-state index contributed by atoms with van der Waals surface area (Å²) in [6.07, 6.45) is 3.41. The average molecular weight is 222 g/mol. The first-order chi connectivity index (χ1) is 7.76. The van der Waals surface area contributed by atoms with E-state index >= 15 is 0 Å². The van der Waals surface area contributed by atoms with Gasteiger partial charge in [0.25, 0.3) is 0 Å². The van der Waals surface area contributed by atoms with E-state index in [1.165, 1.54) is 5.56 Å². The number of aliphatic hydroxyl groups is 1. The second-order valence-corrected chi connectivity index (χ2v) is 4.05. The number of benzene rings is 1. The van der Waals surface area contributed by atoms with Crippen LogP contribution in [0, 0.1) is 0 Å². The molecule has 0 aromatic heterocycles. The summed E-state index contributed by atoms with van der Waals surface area (Å²) in [5, 5.41) is 9.38. The first-order valence-corrected chi connectivity index (χ1v) is 6.16. The third-order valence-corrected chi connectivity index (χ3v) is 2.73. The fourth-order valence-electron chi connectivity index (χ4n) is 1.57. The maximum absolute atomic E-state index is 9.38. The van der Waals surface area contributed by atoms with Crippen LogP contribution in [0.2, 0.25) is 0 Å². The van der Waals surface area contributed by atoms with Gasteiger partial charge in [-0.3, -0.25) is 0 Å². The molecule has 0 aliphatic carbocycles. The van der Waals surface area contributed by atoms with E-state index in [-0.39, 0.29) is 6.10 Å². The lowest BCUT2D eigenvalue weighted by molar-refractivity contribution is 0.149. The van der Waals surface area contributed by atoms with E-state index in [1.54, 1.807) is 0 Å². The van der Waals surface area contributed by atoms with Crippen LogP contribution in [0.4, 0.5) is 0 Å². The molecule has 90 valence electrons. The number of hydrogen-bond donors (Lipinski definition) is 1. The van der Waals surface area contributed by atoms with Gasteiger partial charge in [0.1, 0.15) is 5.75 Å². The summed E-state index contributed by atoms with van der Waals surface area (Å²) in [5.41, 5.74) is 1.30. The van der Waals surface area contributed by atoms with Crippen LogP contribution in [0.15, 0.2) is 24.3 Å². The molecule has 1 atom stereocenters. The Morgan fingerprint density at radius 3 is 2.81 bits per heavy atom. The minimum Gasteiger partial charge on any atom is -0.494 e. The second kappa shape index (κ2) is 7.29. The van der Waals surface area contributed by atoms with E-state index in [0.29, 0.717) is 6.61 Å². The zero-order chi connectivity index (χ0) is 11.8. The number of hydrogen-bond acceptors (Lipinski definition) is 2. The fourth-order valence-corrected chi connectivity index (χ4v) is 1.57. The minimum absolute atomic E-state index is 0.175. The number of ether oxygens (including phenoxy) is 1. The van der Waals surface area contributed by atoms with Gasteiger partial charge in [0.2, 0.25) is 0 Å². The highest BCUT2D eigenvalue weighted by atomic mass is 16.5. The van der Waals surface area contributed by atoms with E-state index in [9.17, 15) is 5.11 Å². The maximum Gasteiger partial charge on any atom is 0.119 e. The molecule has 1 aromatic carbocycles. The Morgan fingerprint density at radius 1 is 1.31 bits per heavy atom. The van der Waals surface area contributed by atoms with E-state index in [2.05, 4.69) is 19.1 Å². The normalized spacial score (nSPS) is 12.4. The Bertz CT molecular complexity index is 297. The Morgan fingerprint density at radius 2 is 2.12 bits per heavy atom. The molecule has 0 radical (unpaired) electrons. The zero-order valence-electron chi connectivity index (χ0n) is 10.3. The molecule has 1 rings (SSSR count). The van der Waals surface area contributed by atoms with Crippen molar-refractivity contribution in [3.05, 3.63) is 29.8 Å². The molecule has 0 bridgehead atoms. The van der Waals surface area contributed by atoms with Gasteiger partial charge in [0, 0.05) is 0 Å². The van der Waals surface area contributed by atoms with Crippen molar-refractivity contribution in [1.82, 2.24) is 0 Å². The Labute approximate surface area is 98.3 Å². The van der Waals surface area contributed by atoms with Crippen molar-refractivity contribution in [3.8, 4) is 5.75 Å². The van der Waals surface area contributed by atoms with Crippen molar-refractivity contribution in [2.45, 2.75) is 45.6 Å². The number of aliphatic hydroxyl groups excluding tert-OH is 1. The highest BCUT2D eigenvalue weighted by Gasteiger charge is 2.00. The molecule has 0 aliphatic heterocycles. The summed E-state index contributed by atoms with van der Waals surface area (Å²) >= 11 is 0. The molecule has 16 heavy (non-hydrogen) atoms. The molecule has 0 amide bonds. The van der Waals surface area contributed by atoms with Crippen molar-refractivity contribution >= 4 is 0 Å². The van der Waals surface area contributed by atoms with Crippen LogP contribution >= 0.6 is 0 Å². The number of aryl methyl sites for hydroxylation is 1. The first kappa shape index (κ1) is 13.0. The fraction of sp³-hybridized carbons (Fsp3) is 0.571. The molecule has 2 nitrogen and oxygen atoms in total. The van der Waals surface area contributed by atoms with Gasteiger partial charge in [-0.15, -0.1) is 0 Å². The molecule has 1 N–H and O–H groups in total. The van der Waals surface area contributed by atoms with Gasteiger partial charge >= 0.3 is 0 Å². The lowest BCUT2D eigenvalue weighted by Gasteiger charge is -2.09. The van der Waals surface area contributed by atoms with Crippen molar-refractivity contribution in [2.75, 3.05) is 6.61 Å². The van der Waals surface area contributed by atoms with Crippen LogP contribution in [0.5, 0.6) is 5.75 Å². The second-order valence-electron chi connectivity index (χ2n) is 4.05. The summed E-state index contributed by atoms with van der Waals surface area (Å²) in [5.74, 6) is 0.935. The number of rotatable bonds is 7. The van der Waals surface area contributed by atoms with Crippen molar-refractivity contribution in [2.24, 2.45) is 0 Å². The molecule has 1 unspecified atom stereocenters. The minimum atomic E-state index is -0.175. The van der Waals surface area contributed by atoms with Crippen molar-refractivity contribution in [3.63, 3.8) is 0 Å². The van der Waals surface area contributed by atoms with E-state index in [4.69, 9.17) is 4.74 Å². The van der Waals surface area contributed by atoms with Gasteiger partial charge < -0.3 is 9.84 Å². The summed E-state index contributed by atoms with van der Waals surface area (Å²) < 4.78 is 5.63. The zero-order valence-corrected chi connectivity index (χ0v) is 10.3. The standard InChI is InChI=1S/C14H22O2/c1-3-12-7-5-9-14(11-12)16-10-6-8-13(15)4-2/h5,7,9,11,13,15H,3-4,6,8,10H2,1-2H3. The van der Waals surface area contributed by atoms with E-state index in [1.807, 2.05) is 19.1 Å². The lowest BCUT2D eigenvalue weighted by atomic mass is 10.1. The van der Waals surface area contributed by atoms with Crippen LogP contribution in [0.3, 0.4) is 0 Å².